The van der Waals surface area contributed by atoms with E-state index in [1.54, 1.807) is 26.8 Å². The molecule has 8 atom stereocenters. The summed E-state index contributed by atoms with van der Waals surface area (Å²) in [4.78, 5) is 37.5. The topological polar surface area (TPSA) is 104 Å². The Balaban J connectivity index is 1.65. The number of carbonyl (C=O) groups excluding carboxylic acids is 3. The van der Waals surface area contributed by atoms with Crippen molar-refractivity contribution in [3.05, 3.63) is 23.8 Å². The van der Waals surface area contributed by atoms with Gasteiger partial charge < -0.3 is 23.7 Å². The number of fused-ring (bicyclic) bond motifs is 2. The molecule has 3 aliphatic heterocycles. The molecule has 1 aliphatic carbocycles. The smallest absolute Gasteiger partial charge is 0.341 e. The first-order valence-electron chi connectivity index (χ1n) is 11.2. The molecule has 176 valence electrons. The predicted molar refractivity (Wildman–Crippen MR) is 112 cm³/mol. The van der Waals surface area contributed by atoms with Gasteiger partial charge in [-0.15, -0.1) is 0 Å². The van der Waals surface area contributed by atoms with Crippen molar-refractivity contribution in [1.82, 2.24) is 0 Å². The molecule has 0 amide bonds. The van der Waals surface area contributed by atoms with Crippen molar-refractivity contribution in [3.8, 4) is 0 Å². The van der Waals surface area contributed by atoms with Crippen LogP contribution in [0.5, 0.6) is 0 Å². The first-order valence-corrected chi connectivity index (χ1v) is 11.2. The summed E-state index contributed by atoms with van der Waals surface area (Å²) in [5.74, 6) is -2.13. The van der Waals surface area contributed by atoms with Crippen molar-refractivity contribution in [2.75, 3.05) is 0 Å². The van der Waals surface area contributed by atoms with E-state index in [4.69, 9.17) is 23.7 Å². The summed E-state index contributed by atoms with van der Waals surface area (Å²) in [6.45, 7) is 14.8. The van der Waals surface area contributed by atoms with Gasteiger partial charge in [-0.1, -0.05) is 20.4 Å². The maximum atomic E-state index is 12.8. The number of hydrogen-bond acceptors (Lipinski definition) is 8. The average molecular weight is 449 g/mol. The number of rotatable bonds is 4. The van der Waals surface area contributed by atoms with Crippen LogP contribution in [0, 0.1) is 11.8 Å². The van der Waals surface area contributed by atoms with Crippen LogP contribution in [-0.2, 0) is 38.1 Å². The van der Waals surface area contributed by atoms with Gasteiger partial charge in [-0.3, -0.25) is 4.79 Å². The predicted octanol–water partition coefficient (Wildman–Crippen LogP) is 2.64. The van der Waals surface area contributed by atoms with Gasteiger partial charge in [-0.2, -0.15) is 0 Å². The lowest BCUT2D eigenvalue weighted by atomic mass is 9.82. The molecule has 0 unspecified atom stereocenters. The monoisotopic (exact) mass is 448 g/mol. The molecule has 0 aromatic carbocycles. The highest BCUT2D eigenvalue weighted by Gasteiger charge is 2.61. The Morgan fingerprint density at radius 1 is 1.22 bits per heavy atom. The lowest BCUT2D eigenvalue weighted by Crippen LogP contribution is -2.40. The normalized spacial score (nSPS) is 44.5. The van der Waals surface area contributed by atoms with Crippen LogP contribution in [0.2, 0.25) is 0 Å². The Bertz CT molecular complexity index is 890. The third-order valence-electron chi connectivity index (χ3n) is 7.20. The molecule has 32 heavy (non-hydrogen) atoms. The molecule has 0 saturated carbocycles. The second kappa shape index (κ2) is 7.70. The fourth-order valence-electron chi connectivity index (χ4n) is 4.56. The van der Waals surface area contributed by atoms with Crippen molar-refractivity contribution in [2.45, 2.75) is 96.1 Å². The van der Waals surface area contributed by atoms with Crippen LogP contribution in [0.3, 0.4) is 0 Å². The minimum absolute atomic E-state index is 0.175. The molecule has 0 radical (unpaired) electrons. The highest BCUT2D eigenvalue weighted by Crippen LogP contribution is 2.49. The highest BCUT2D eigenvalue weighted by atomic mass is 16.7. The number of esters is 3. The van der Waals surface area contributed by atoms with Crippen LogP contribution in [0.15, 0.2) is 23.8 Å². The van der Waals surface area contributed by atoms with Gasteiger partial charge in [0.15, 0.2) is 5.60 Å². The highest BCUT2D eigenvalue weighted by molar-refractivity contribution is 5.91. The molecule has 8 nitrogen and oxygen atoms in total. The zero-order valence-corrected chi connectivity index (χ0v) is 19.5. The summed E-state index contributed by atoms with van der Waals surface area (Å²) >= 11 is 0. The minimum atomic E-state index is -0.984. The molecule has 3 fully saturated rings. The Labute approximate surface area is 188 Å². The maximum Gasteiger partial charge on any atom is 0.341 e. The first-order chi connectivity index (χ1) is 14.9. The summed E-state index contributed by atoms with van der Waals surface area (Å²) in [6, 6.07) is 0. The molecule has 3 saturated heterocycles. The molecule has 0 N–H and O–H groups in total. The van der Waals surface area contributed by atoms with Crippen LogP contribution < -0.4 is 0 Å². The third-order valence-corrected chi connectivity index (χ3v) is 7.20. The zero-order chi connectivity index (χ0) is 23.6. The summed E-state index contributed by atoms with van der Waals surface area (Å²) < 4.78 is 28.7. The fraction of sp³-hybridized carbons (Fsp3) is 0.708. The van der Waals surface area contributed by atoms with Gasteiger partial charge in [0.25, 0.3) is 0 Å². The van der Waals surface area contributed by atoms with Crippen LogP contribution in [-0.4, -0.2) is 59.6 Å². The van der Waals surface area contributed by atoms with Gasteiger partial charge >= 0.3 is 17.9 Å². The Hall–Kier alpha value is -2.19. The summed E-state index contributed by atoms with van der Waals surface area (Å²) in [6.07, 6.45) is 0.364. The van der Waals surface area contributed by atoms with Crippen molar-refractivity contribution in [2.24, 2.45) is 11.8 Å². The van der Waals surface area contributed by atoms with Crippen LogP contribution in [0.25, 0.3) is 0 Å². The molecule has 4 aliphatic rings. The van der Waals surface area contributed by atoms with Crippen LogP contribution in [0.4, 0.5) is 0 Å². The van der Waals surface area contributed by atoms with Gasteiger partial charge in [0.2, 0.25) is 0 Å². The van der Waals surface area contributed by atoms with Crippen LogP contribution >= 0.6 is 0 Å². The first kappa shape index (κ1) is 23.0. The molecule has 0 aromatic rings. The molecule has 8 heteroatoms. The van der Waals surface area contributed by atoms with Gasteiger partial charge in [0.05, 0.1) is 29.6 Å². The number of epoxide rings is 2. The second-order valence-electron chi connectivity index (χ2n) is 10.1. The summed E-state index contributed by atoms with van der Waals surface area (Å²) in [5.41, 5.74) is -0.558. The Kier molecular flexibility index (Phi) is 5.53. The largest absolute Gasteiger partial charge is 0.459 e. The number of ether oxygens (including phenoxy) is 5. The molecule has 0 aromatic heterocycles. The molecular weight excluding hydrogens is 416 g/mol. The van der Waals surface area contributed by atoms with Crippen molar-refractivity contribution in [3.63, 3.8) is 0 Å². The average Bonchev–Trinajstić information content (AvgIpc) is 3.50. The van der Waals surface area contributed by atoms with E-state index in [1.807, 2.05) is 20.8 Å². The van der Waals surface area contributed by atoms with E-state index in [0.717, 1.165) is 5.57 Å². The molecule has 0 bridgehead atoms. The van der Waals surface area contributed by atoms with E-state index in [9.17, 15) is 14.4 Å². The molecule has 3 heterocycles. The molecular formula is C24H32O8. The van der Waals surface area contributed by atoms with Gasteiger partial charge in [-0.05, 0) is 39.3 Å². The summed E-state index contributed by atoms with van der Waals surface area (Å²) in [5, 5.41) is 0. The fourth-order valence-corrected chi connectivity index (χ4v) is 4.56. The summed E-state index contributed by atoms with van der Waals surface area (Å²) in [7, 11) is 0. The van der Waals surface area contributed by atoms with Crippen LogP contribution in [0.1, 0.15) is 54.4 Å². The number of carbonyl (C=O) groups is 3. The third kappa shape index (κ3) is 3.99. The van der Waals surface area contributed by atoms with E-state index >= 15 is 0 Å². The van der Waals surface area contributed by atoms with Crippen molar-refractivity contribution in [1.29, 1.82) is 0 Å². The Morgan fingerprint density at radius 3 is 2.47 bits per heavy atom. The van der Waals surface area contributed by atoms with Gasteiger partial charge in [0.1, 0.15) is 18.3 Å². The molecule has 0 spiro atoms. The van der Waals surface area contributed by atoms with E-state index < -0.39 is 47.4 Å². The van der Waals surface area contributed by atoms with E-state index in [1.165, 1.54) is 0 Å². The maximum absolute atomic E-state index is 12.8. The van der Waals surface area contributed by atoms with Crippen molar-refractivity contribution < 1.29 is 38.1 Å². The van der Waals surface area contributed by atoms with Crippen molar-refractivity contribution >= 4 is 17.9 Å². The lowest BCUT2D eigenvalue weighted by molar-refractivity contribution is -0.159. The zero-order valence-electron chi connectivity index (χ0n) is 19.5. The van der Waals surface area contributed by atoms with Gasteiger partial charge in [-0.25, -0.2) is 9.59 Å². The molecule has 4 rings (SSSR count). The number of hydrogen-bond donors (Lipinski definition) is 0. The lowest BCUT2D eigenvalue weighted by Gasteiger charge is -2.30. The van der Waals surface area contributed by atoms with Gasteiger partial charge in [0, 0.05) is 18.4 Å². The quantitative estimate of drug-likeness (QED) is 0.213. The SMILES string of the molecule is C=C1C(=O)O[C@@H]2/C=C(/C)[C@@H](OC(=O)C(C)C)C[C@H]3O[C@]3(C)C[C@@H](OC(=O)[C@]3(C)O[C@@H]3C)[C@@H]12. The second-order valence-corrected chi connectivity index (χ2v) is 10.1. The van der Waals surface area contributed by atoms with E-state index in [2.05, 4.69) is 6.58 Å². The Morgan fingerprint density at radius 2 is 1.88 bits per heavy atom. The minimum Gasteiger partial charge on any atom is -0.459 e. The standard InChI is InChI=1S/C24H32O8/c1-11(2)20(25)28-15-9-18-23(6,32-18)10-17(30-22(27)24(7)14(5)31-24)19-13(4)21(26)29-16(19)8-12(15)3/h8,11,14-19H,4,9-10H2,1-3,5-7H3/b12-8-/t14-,15+,16-,17-,18-,19+,23-,24-/m1/s1. The van der Waals surface area contributed by atoms with E-state index in [-0.39, 0.29) is 29.7 Å². The van der Waals surface area contributed by atoms with E-state index in [0.29, 0.717) is 12.8 Å².